The molecule has 0 bridgehead atoms. The first-order valence-electron chi connectivity index (χ1n) is 7.86. The molecule has 0 aliphatic heterocycles. The molecule has 3 aromatic rings. The quantitative estimate of drug-likeness (QED) is 0.547. The SMILES string of the molecule is Cc1ccc(Nc2nnc(SCC(=O)Nc3cccc(Cl)c3C)s2)cc1. The summed E-state index contributed by atoms with van der Waals surface area (Å²) in [6.45, 7) is 3.91. The van der Waals surface area contributed by atoms with E-state index < -0.39 is 0 Å². The van der Waals surface area contributed by atoms with Gasteiger partial charge in [-0.05, 0) is 43.7 Å². The smallest absolute Gasteiger partial charge is 0.234 e. The number of anilines is 3. The van der Waals surface area contributed by atoms with E-state index in [4.69, 9.17) is 11.6 Å². The van der Waals surface area contributed by atoms with Gasteiger partial charge in [0, 0.05) is 16.4 Å². The van der Waals surface area contributed by atoms with Crippen LogP contribution in [0.3, 0.4) is 0 Å². The highest BCUT2D eigenvalue weighted by molar-refractivity contribution is 8.01. The van der Waals surface area contributed by atoms with Crippen molar-refractivity contribution in [3.63, 3.8) is 0 Å². The van der Waals surface area contributed by atoms with Gasteiger partial charge in [0.25, 0.3) is 0 Å². The highest BCUT2D eigenvalue weighted by Crippen LogP contribution is 2.28. The molecule has 0 fully saturated rings. The number of rotatable bonds is 6. The Morgan fingerprint density at radius 3 is 2.69 bits per heavy atom. The number of aryl methyl sites for hydroxylation is 1. The van der Waals surface area contributed by atoms with Gasteiger partial charge in [0.05, 0.1) is 5.75 Å². The molecular weight excluding hydrogens is 388 g/mol. The van der Waals surface area contributed by atoms with Gasteiger partial charge in [-0.1, -0.05) is 58.5 Å². The zero-order valence-electron chi connectivity index (χ0n) is 14.2. The molecule has 0 radical (unpaired) electrons. The zero-order valence-corrected chi connectivity index (χ0v) is 16.6. The molecule has 2 N–H and O–H groups in total. The Hall–Kier alpha value is -2.09. The molecule has 2 aromatic carbocycles. The maximum atomic E-state index is 12.1. The largest absolute Gasteiger partial charge is 0.330 e. The van der Waals surface area contributed by atoms with Crippen LogP contribution in [0.2, 0.25) is 5.02 Å². The summed E-state index contributed by atoms with van der Waals surface area (Å²) < 4.78 is 0.734. The second-order valence-electron chi connectivity index (χ2n) is 5.61. The summed E-state index contributed by atoms with van der Waals surface area (Å²) >= 11 is 8.83. The molecule has 0 unspecified atom stereocenters. The predicted octanol–water partition coefficient (Wildman–Crippen LogP) is 5.28. The summed E-state index contributed by atoms with van der Waals surface area (Å²) in [6, 6.07) is 13.5. The lowest BCUT2D eigenvalue weighted by Gasteiger charge is -2.08. The van der Waals surface area contributed by atoms with E-state index in [9.17, 15) is 4.79 Å². The summed E-state index contributed by atoms with van der Waals surface area (Å²) in [5, 5.41) is 15.6. The van der Waals surface area contributed by atoms with Crippen molar-refractivity contribution < 1.29 is 4.79 Å². The second kappa shape index (κ2) is 8.53. The number of hydrogen-bond donors (Lipinski definition) is 2. The minimum absolute atomic E-state index is 0.108. The number of thioether (sulfide) groups is 1. The van der Waals surface area contributed by atoms with E-state index in [1.165, 1.54) is 28.7 Å². The molecular formula is C18H17ClN4OS2. The molecule has 134 valence electrons. The van der Waals surface area contributed by atoms with Crippen LogP contribution in [0, 0.1) is 13.8 Å². The number of carbonyl (C=O) groups excluding carboxylic acids is 1. The van der Waals surface area contributed by atoms with Gasteiger partial charge in [-0.2, -0.15) is 0 Å². The minimum Gasteiger partial charge on any atom is -0.330 e. The average molecular weight is 405 g/mol. The maximum Gasteiger partial charge on any atom is 0.234 e. The second-order valence-corrected chi connectivity index (χ2v) is 8.22. The van der Waals surface area contributed by atoms with Gasteiger partial charge < -0.3 is 10.6 Å². The van der Waals surface area contributed by atoms with Crippen molar-refractivity contribution in [2.75, 3.05) is 16.4 Å². The first-order chi connectivity index (χ1) is 12.5. The summed E-state index contributed by atoms with van der Waals surface area (Å²) in [7, 11) is 0. The highest BCUT2D eigenvalue weighted by Gasteiger charge is 2.10. The van der Waals surface area contributed by atoms with Crippen LogP contribution in [-0.2, 0) is 4.79 Å². The molecule has 5 nitrogen and oxygen atoms in total. The Labute approximate surface area is 165 Å². The summed E-state index contributed by atoms with van der Waals surface area (Å²) in [4.78, 5) is 12.1. The van der Waals surface area contributed by atoms with Crippen LogP contribution in [0.4, 0.5) is 16.5 Å². The van der Waals surface area contributed by atoms with E-state index in [0.717, 1.165) is 21.3 Å². The Bertz CT molecular complexity index is 912. The molecule has 1 aromatic heterocycles. The number of aromatic nitrogens is 2. The first kappa shape index (κ1) is 18.7. The Balaban J connectivity index is 1.53. The molecule has 26 heavy (non-hydrogen) atoms. The molecule has 0 aliphatic carbocycles. The van der Waals surface area contributed by atoms with Gasteiger partial charge in [0.2, 0.25) is 11.0 Å². The third kappa shape index (κ3) is 4.97. The Morgan fingerprint density at radius 1 is 1.15 bits per heavy atom. The van der Waals surface area contributed by atoms with Crippen molar-refractivity contribution in [3.8, 4) is 0 Å². The highest BCUT2D eigenvalue weighted by atomic mass is 35.5. The van der Waals surface area contributed by atoms with Crippen LogP contribution >= 0.6 is 34.7 Å². The average Bonchev–Trinajstić information content (AvgIpc) is 3.07. The lowest BCUT2D eigenvalue weighted by molar-refractivity contribution is -0.113. The van der Waals surface area contributed by atoms with Gasteiger partial charge in [0.1, 0.15) is 0 Å². The van der Waals surface area contributed by atoms with Gasteiger partial charge in [-0.3, -0.25) is 4.79 Å². The number of halogens is 1. The number of amides is 1. The predicted molar refractivity (Wildman–Crippen MR) is 110 cm³/mol. The van der Waals surface area contributed by atoms with E-state index >= 15 is 0 Å². The molecule has 0 aliphatic rings. The fourth-order valence-electron chi connectivity index (χ4n) is 2.14. The van der Waals surface area contributed by atoms with Gasteiger partial charge in [-0.25, -0.2) is 0 Å². The fraction of sp³-hybridized carbons (Fsp3) is 0.167. The number of nitrogens with one attached hydrogen (secondary N) is 2. The minimum atomic E-state index is -0.108. The van der Waals surface area contributed by atoms with E-state index in [1.807, 2.05) is 50.2 Å². The number of nitrogens with zero attached hydrogens (tertiary/aromatic N) is 2. The van der Waals surface area contributed by atoms with Gasteiger partial charge in [-0.15, -0.1) is 10.2 Å². The molecule has 1 amide bonds. The molecule has 3 rings (SSSR count). The number of carbonyl (C=O) groups is 1. The summed E-state index contributed by atoms with van der Waals surface area (Å²) in [5.41, 5.74) is 3.73. The van der Waals surface area contributed by atoms with E-state index in [1.54, 1.807) is 6.07 Å². The maximum absolute atomic E-state index is 12.1. The normalized spacial score (nSPS) is 10.6. The fourth-order valence-corrected chi connectivity index (χ4v) is 3.88. The van der Waals surface area contributed by atoms with Crippen LogP contribution in [0.5, 0.6) is 0 Å². The third-order valence-electron chi connectivity index (χ3n) is 3.58. The molecule has 0 saturated heterocycles. The molecule has 0 atom stereocenters. The zero-order chi connectivity index (χ0) is 18.5. The first-order valence-corrected chi connectivity index (χ1v) is 10.0. The molecule has 8 heteroatoms. The molecule has 0 spiro atoms. The van der Waals surface area contributed by atoms with E-state index in [0.29, 0.717) is 10.2 Å². The van der Waals surface area contributed by atoms with Gasteiger partial charge >= 0.3 is 0 Å². The van der Waals surface area contributed by atoms with Crippen LogP contribution in [0.25, 0.3) is 0 Å². The van der Waals surface area contributed by atoms with Crippen molar-refractivity contribution in [2.24, 2.45) is 0 Å². The van der Waals surface area contributed by atoms with Crippen LogP contribution in [-0.4, -0.2) is 21.9 Å². The molecule has 1 heterocycles. The molecule has 0 saturated carbocycles. The third-order valence-corrected chi connectivity index (χ3v) is 5.96. The van der Waals surface area contributed by atoms with Crippen LogP contribution in [0.15, 0.2) is 46.8 Å². The standard InChI is InChI=1S/C18H17ClN4OS2/c1-11-6-8-13(9-7-11)20-17-22-23-18(26-17)25-10-16(24)21-15-5-3-4-14(19)12(15)2/h3-9H,10H2,1-2H3,(H,20,22)(H,21,24). The Kier molecular flexibility index (Phi) is 6.13. The summed E-state index contributed by atoms with van der Waals surface area (Å²) in [6.07, 6.45) is 0. The van der Waals surface area contributed by atoms with Crippen molar-refractivity contribution in [1.82, 2.24) is 10.2 Å². The lowest BCUT2D eigenvalue weighted by Crippen LogP contribution is -2.14. The monoisotopic (exact) mass is 404 g/mol. The van der Waals surface area contributed by atoms with Crippen LogP contribution < -0.4 is 10.6 Å². The number of benzene rings is 2. The van der Waals surface area contributed by atoms with Crippen molar-refractivity contribution >= 4 is 57.1 Å². The number of hydrogen-bond acceptors (Lipinski definition) is 6. The van der Waals surface area contributed by atoms with Crippen molar-refractivity contribution in [1.29, 1.82) is 0 Å². The lowest BCUT2D eigenvalue weighted by atomic mass is 10.2. The van der Waals surface area contributed by atoms with E-state index in [2.05, 4.69) is 20.8 Å². The van der Waals surface area contributed by atoms with Crippen molar-refractivity contribution in [3.05, 3.63) is 58.6 Å². The van der Waals surface area contributed by atoms with Crippen molar-refractivity contribution in [2.45, 2.75) is 18.2 Å². The Morgan fingerprint density at radius 2 is 1.92 bits per heavy atom. The summed E-state index contributed by atoms with van der Waals surface area (Å²) in [5.74, 6) is 0.147. The van der Waals surface area contributed by atoms with Gasteiger partial charge in [0.15, 0.2) is 4.34 Å². The van der Waals surface area contributed by atoms with Crippen LogP contribution in [0.1, 0.15) is 11.1 Å². The topological polar surface area (TPSA) is 66.9 Å². The van der Waals surface area contributed by atoms with E-state index in [-0.39, 0.29) is 11.7 Å².